The molecule has 0 spiro atoms. The number of fused-ring (bicyclic) bond motifs is 11. The Bertz CT molecular complexity index is 3840. The van der Waals surface area contributed by atoms with E-state index in [1.165, 1.54) is 70.4 Å². The fraction of sp³-hybridized carbons (Fsp3) is 0. The van der Waals surface area contributed by atoms with E-state index >= 15 is 0 Å². The van der Waals surface area contributed by atoms with Gasteiger partial charge in [-0.05, 0) is 105 Å². The molecule has 4 nitrogen and oxygen atoms in total. The standard InChI is InChI=1S/C56H34N4/c1-2-14-37-33-53-48(31-36(37)13-1)46-30-29-40(60-51-23-11-8-19-44(51)45-20-9-12-24-52(45)60)34-54(46)59(53)39-27-25-35(26-28-39)56-57-50-22-10-7-21-47(50)55(58-56)49-32-38-15-3-4-16-41(38)42-17-5-6-18-43(42)49/h1-34H. The lowest BCUT2D eigenvalue weighted by molar-refractivity contribution is 1.15. The average molecular weight is 763 g/mol. The minimum Gasteiger partial charge on any atom is -0.309 e. The summed E-state index contributed by atoms with van der Waals surface area (Å²) in [6.45, 7) is 0. The van der Waals surface area contributed by atoms with Crippen LogP contribution in [-0.2, 0) is 0 Å². The van der Waals surface area contributed by atoms with Crippen LogP contribution in [0.15, 0.2) is 206 Å². The summed E-state index contributed by atoms with van der Waals surface area (Å²) in [7, 11) is 0. The maximum atomic E-state index is 5.39. The lowest BCUT2D eigenvalue weighted by atomic mass is 9.94. The number of hydrogen-bond donors (Lipinski definition) is 0. The summed E-state index contributed by atoms with van der Waals surface area (Å²) < 4.78 is 4.82. The Morgan fingerprint density at radius 3 is 1.58 bits per heavy atom. The fourth-order valence-electron chi connectivity index (χ4n) is 9.73. The second kappa shape index (κ2) is 12.7. The maximum Gasteiger partial charge on any atom is 0.160 e. The minimum atomic E-state index is 0.703. The van der Waals surface area contributed by atoms with Crippen molar-refractivity contribution < 1.29 is 0 Å². The summed E-state index contributed by atoms with van der Waals surface area (Å²) in [6, 6.07) is 74.4. The molecule has 13 rings (SSSR count). The molecule has 0 atom stereocenters. The number of benzene rings is 10. The predicted molar refractivity (Wildman–Crippen MR) is 252 cm³/mol. The second-order valence-electron chi connectivity index (χ2n) is 15.8. The third kappa shape index (κ3) is 4.85. The number of aromatic nitrogens is 4. The van der Waals surface area contributed by atoms with E-state index in [4.69, 9.17) is 9.97 Å². The molecule has 13 aromatic rings. The molecular formula is C56H34N4. The van der Waals surface area contributed by atoms with Crippen LogP contribution in [0.5, 0.6) is 0 Å². The molecule has 60 heavy (non-hydrogen) atoms. The molecule has 278 valence electrons. The van der Waals surface area contributed by atoms with E-state index in [1.807, 2.05) is 0 Å². The van der Waals surface area contributed by atoms with Crippen molar-refractivity contribution in [3.8, 4) is 34.0 Å². The Balaban J connectivity index is 1.01. The second-order valence-corrected chi connectivity index (χ2v) is 15.8. The first-order chi connectivity index (χ1) is 29.7. The highest BCUT2D eigenvalue weighted by atomic mass is 15.0. The van der Waals surface area contributed by atoms with Gasteiger partial charge in [-0.3, -0.25) is 0 Å². The third-order valence-corrected chi connectivity index (χ3v) is 12.5. The van der Waals surface area contributed by atoms with Crippen LogP contribution in [0.3, 0.4) is 0 Å². The average Bonchev–Trinajstić information content (AvgIpc) is 3.82. The number of rotatable bonds is 4. The van der Waals surface area contributed by atoms with E-state index < -0.39 is 0 Å². The third-order valence-electron chi connectivity index (χ3n) is 12.5. The summed E-state index contributed by atoms with van der Waals surface area (Å²) in [5.74, 6) is 0.703. The molecule has 0 aliphatic heterocycles. The van der Waals surface area contributed by atoms with Crippen molar-refractivity contribution >= 4 is 86.8 Å². The molecule has 0 bridgehead atoms. The highest BCUT2D eigenvalue weighted by Crippen LogP contribution is 2.40. The van der Waals surface area contributed by atoms with Crippen molar-refractivity contribution in [2.45, 2.75) is 0 Å². The van der Waals surface area contributed by atoms with Crippen molar-refractivity contribution in [1.82, 2.24) is 19.1 Å². The van der Waals surface area contributed by atoms with Crippen LogP contribution in [0.25, 0.3) is 121 Å². The normalized spacial score (nSPS) is 12.0. The summed E-state index contributed by atoms with van der Waals surface area (Å²) in [5, 5.41) is 13.3. The van der Waals surface area contributed by atoms with Crippen LogP contribution in [0.2, 0.25) is 0 Å². The van der Waals surface area contributed by atoms with E-state index in [0.717, 1.165) is 44.6 Å². The monoisotopic (exact) mass is 762 g/mol. The van der Waals surface area contributed by atoms with Gasteiger partial charge in [-0.25, -0.2) is 9.97 Å². The topological polar surface area (TPSA) is 35.6 Å². The Morgan fingerprint density at radius 1 is 0.300 bits per heavy atom. The molecule has 0 aliphatic carbocycles. The molecule has 10 aromatic carbocycles. The number of para-hydroxylation sites is 3. The van der Waals surface area contributed by atoms with Gasteiger partial charge in [0, 0.05) is 49.4 Å². The van der Waals surface area contributed by atoms with Crippen LogP contribution < -0.4 is 0 Å². The Hall–Kier alpha value is -8.08. The van der Waals surface area contributed by atoms with Gasteiger partial charge in [0.05, 0.1) is 33.3 Å². The van der Waals surface area contributed by atoms with Crippen LogP contribution in [-0.4, -0.2) is 19.1 Å². The summed E-state index contributed by atoms with van der Waals surface area (Å²) in [4.78, 5) is 10.6. The minimum absolute atomic E-state index is 0.703. The molecule has 0 saturated carbocycles. The van der Waals surface area contributed by atoms with E-state index in [1.54, 1.807) is 0 Å². The molecule has 0 amide bonds. The first-order valence-electron chi connectivity index (χ1n) is 20.5. The zero-order chi connectivity index (χ0) is 39.3. The molecular weight excluding hydrogens is 729 g/mol. The Kier molecular flexibility index (Phi) is 6.98. The molecule has 3 aromatic heterocycles. The van der Waals surface area contributed by atoms with E-state index in [9.17, 15) is 0 Å². The summed E-state index contributed by atoms with van der Waals surface area (Å²) in [6.07, 6.45) is 0. The predicted octanol–water partition coefficient (Wildman–Crippen LogP) is 14.6. The Morgan fingerprint density at radius 2 is 0.833 bits per heavy atom. The fourth-order valence-corrected chi connectivity index (χ4v) is 9.73. The van der Waals surface area contributed by atoms with Gasteiger partial charge in [-0.15, -0.1) is 0 Å². The van der Waals surface area contributed by atoms with Crippen LogP contribution in [0, 0.1) is 0 Å². The summed E-state index contributed by atoms with van der Waals surface area (Å²) >= 11 is 0. The molecule has 0 radical (unpaired) electrons. The van der Waals surface area contributed by atoms with Gasteiger partial charge in [0.15, 0.2) is 5.82 Å². The van der Waals surface area contributed by atoms with Gasteiger partial charge in [-0.2, -0.15) is 0 Å². The van der Waals surface area contributed by atoms with Crippen LogP contribution in [0.4, 0.5) is 0 Å². The summed E-state index contributed by atoms with van der Waals surface area (Å²) in [5.41, 5.74) is 10.9. The molecule has 0 saturated heterocycles. The van der Waals surface area contributed by atoms with Gasteiger partial charge in [0.2, 0.25) is 0 Å². The number of nitrogens with zero attached hydrogens (tertiary/aromatic N) is 4. The zero-order valence-corrected chi connectivity index (χ0v) is 32.4. The van der Waals surface area contributed by atoms with E-state index in [0.29, 0.717) is 5.82 Å². The van der Waals surface area contributed by atoms with Crippen molar-refractivity contribution in [3.05, 3.63) is 206 Å². The quantitative estimate of drug-likeness (QED) is 0.167. The molecule has 0 N–H and O–H groups in total. The lowest BCUT2D eigenvalue weighted by Crippen LogP contribution is -1.98. The highest BCUT2D eigenvalue weighted by molar-refractivity contribution is 6.17. The Labute approximate surface area is 344 Å². The van der Waals surface area contributed by atoms with Gasteiger partial charge in [0.1, 0.15) is 0 Å². The van der Waals surface area contributed by atoms with Crippen molar-refractivity contribution in [1.29, 1.82) is 0 Å². The van der Waals surface area contributed by atoms with Crippen molar-refractivity contribution in [2.24, 2.45) is 0 Å². The van der Waals surface area contributed by atoms with E-state index in [2.05, 4.69) is 215 Å². The highest BCUT2D eigenvalue weighted by Gasteiger charge is 2.19. The SMILES string of the molecule is c1ccc2cc3c(cc2c1)c1ccc(-n2c4ccccc4c4ccccc42)cc1n3-c1ccc(-c2nc(-c3cc4ccccc4c4ccccc34)c3ccccc3n2)cc1. The molecule has 0 aliphatic rings. The van der Waals surface area contributed by atoms with Crippen molar-refractivity contribution in [2.75, 3.05) is 0 Å². The first kappa shape index (κ1) is 32.9. The molecule has 0 fully saturated rings. The molecule has 0 unspecified atom stereocenters. The van der Waals surface area contributed by atoms with Crippen LogP contribution in [0.1, 0.15) is 0 Å². The van der Waals surface area contributed by atoms with Gasteiger partial charge >= 0.3 is 0 Å². The number of hydrogen-bond acceptors (Lipinski definition) is 2. The lowest BCUT2D eigenvalue weighted by Gasteiger charge is -2.14. The molecule has 3 heterocycles. The molecule has 4 heteroatoms. The van der Waals surface area contributed by atoms with E-state index in [-0.39, 0.29) is 0 Å². The van der Waals surface area contributed by atoms with Gasteiger partial charge in [-0.1, -0.05) is 133 Å². The van der Waals surface area contributed by atoms with Crippen LogP contribution >= 0.6 is 0 Å². The smallest absolute Gasteiger partial charge is 0.160 e. The van der Waals surface area contributed by atoms with Gasteiger partial charge in [0.25, 0.3) is 0 Å². The van der Waals surface area contributed by atoms with Gasteiger partial charge < -0.3 is 9.13 Å². The van der Waals surface area contributed by atoms with Crippen molar-refractivity contribution in [3.63, 3.8) is 0 Å². The first-order valence-corrected chi connectivity index (χ1v) is 20.5. The zero-order valence-electron chi connectivity index (χ0n) is 32.4. The maximum absolute atomic E-state index is 5.39. The largest absolute Gasteiger partial charge is 0.309 e.